The summed E-state index contributed by atoms with van der Waals surface area (Å²) in [5.74, 6) is -1.38. The van der Waals surface area contributed by atoms with E-state index in [1.165, 1.54) is 0 Å². The summed E-state index contributed by atoms with van der Waals surface area (Å²) in [4.78, 5) is 13.4. The highest BCUT2D eigenvalue weighted by molar-refractivity contribution is 5.89. The van der Waals surface area contributed by atoms with Gasteiger partial charge in [-0.05, 0) is 31.4 Å². The number of hydrogen-bond donors (Lipinski definition) is 3. The van der Waals surface area contributed by atoms with E-state index in [0.29, 0.717) is 19.5 Å². The van der Waals surface area contributed by atoms with Gasteiger partial charge in [-0.1, -0.05) is 6.92 Å². The van der Waals surface area contributed by atoms with Crippen molar-refractivity contribution >= 4 is 17.4 Å². The highest BCUT2D eigenvalue weighted by Crippen LogP contribution is 2.29. The predicted octanol–water partition coefficient (Wildman–Crippen LogP) is 2.46. The summed E-state index contributed by atoms with van der Waals surface area (Å²) in [6.07, 6.45) is 2.39. The van der Waals surface area contributed by atoms with E-state index in [9.17, 15) is 13.6 Å². The molecule has 122 valence electrons. The molecule has 0 radical (unpaired) electrons. The highest BCUT2D eigenvalue weighted by atomic mass is 19.1. The van der Waals surface area contributed by atoms with Gasteiger partial charge in [0.2, 0.25) is 0 Å². The predicted molar refractivity (Wildman–Crippen MR) is 81.1 cm³/mol. The van der Waals surface area contributed by atoms with E-state index in [1.54, 1.807) is 4.90 Å². The fourth-order valence-corrected chi connectivity index (χ4v) is 2.51. The summed E-state index contributed by atoms with van der Waals surface area (Å²) in [7, 11) is 0. The number of aliphatic hydroxyl groups is 1. The van der Waals surface area contributed by atoms with Crippen molar-refractivity contribution in [1.29, 1.82) is 0 Å². The molecule has 2 amide bonds. The summed E-state index contributed by atoms with van der Waals surface area (Å²) in [6.45, 7) is 2.89. The molecule has 1 atom stereocenters. The van der Waals surface area contributed by atoms with E-state index in [0.717, 1.165) is 25.0 Å². The third-order valence-corrected chi connectivity index (χ3v) is 3.75. The Morgan fingerprint density at radius 3 is 2.41 bits per heavy atom. The number of amides is 2. The monoisotopic (exact) mass is 313 g/mol. The minimum atomic E-state index is -0.689. The first-order valence-electron chi connectivity index (χ1n) is 7.47. The van der Waals surface area contributed by atoms with Gasteiger partial charge in [0.05, 0.1) is 12.6 Å². The third-order valence-electron chi connectivity index (χ3n) is 3.75. The van der Waals surface area contributed by atoms with Crippen molar-refractivity contribution in [3.63, 3.8) is 0 Å². The first kappa shape index (κ1) is 16.5. The topological polar surface area (TPSA) is 64.6 Å². The molecule has 7 heteroatoms. The molecule has 0 saturated carbocycles. The standard InChI is InChI=1S/C15H21F2N3O2/c1-2-10(9-21)18-15(22)19-11-7-12(16)14(13(17)8-11)20-5-3-4-6-20/h7-8,10,21H,2-6,9H2,1H3,(H2,18,19,22). The van der Waals surface area contributed by atoms with Crippen molar-refractivity contribution < 1.29 is 18.7 Å². The molecular formula is C15H21F2N3O2. The van der Waals surface area contributed by atoms with E-state index in [1.807, 2.05) is 6.92 Å². The number of hydrogen-bond acceptors (Lipinski definition) is 3. The SMILES string of the molecule is CCC(CO)NC(=O)Nc1cc(F)c(N2CCCC2)c(F)c1. The maximum absolute atomic E-state index is 14.1. The normalized spacial score (nSPS) is 15.7. The van der Waals surface area contributed by atoms with Crippen LogP contribution in [0, 0.1) is 11.6 Å². The van der Waals surface area contributed by atoms with Gasteiger partial charge in [0.15, 0.2) is 11.6 Å². The molecule has 22 heavy (non-hydrogen) atoms. The van der Waals surface area contributed by atoms with Crippen LogP contribution in [0.4, 0.5) is 25.0 Å². The molecule has 1 aromatic carbocycles. The van der Waals surface area contributed by atoms with E-state index in [4.69, 9.17) is 5.11 Å². The fraction of sp³-hybridized carbons (Fsp3) is 0.533. The lowest BCUT2D eigenvalue weighted by Crippen LogP contribution is -2.39. The average Bonchev–Trinajstić information content (AvgIpc) is 2.97. The van der Waals surface area contributed by atoms with Gasteiger partial charge in [-0.15, -0.1) is 0 Å². The van der Waals surface area contributed by atoms with Crippen molar-refractivity contribution in [1.82, 2.24) is 5.32 Å². The first-order chi connectivity index (χ1) is 10.5. The Morgan fingerprint density at radius 2 is 1.91 bits per heavy atom. The van der Waals surface area contributed by atoms with Crippen molar-refractivity contribution in [2.24, 2.45) is 0 Å². The number of anilines is 2. The Balaban J connectivity index is 2.08. The average molecular weight is 313 g/mol. The van der Waals surface area contributed by atoms with Crippen LogP contribution in [-0.2, 0) is 0 Å². The maximum atomic E-state index is 14.1. The Morgan fingerprint density at radius 1 is 1.32 bits per heavy atom. The lowest BCUT2D eigenvalue weighted by atomic mass is 10.2. The van der Waals surface area contributed by atoms with E-state index in [-0.39, 0.29) is 18.0 Å². The van der Waals surface area contributed by atoms with Crippen LogP contribution in [-0.4, -0.2) is 36.9 Å². The highest BCUT2D eigenvalue weighted by Gasteiger charge is 2.21. The van der Waals surface area contributed by atoms with Crippen LogP contribution in [0.25, 0.3) is 0 Å². The van der Waals surface area contributed by atoms with Gasteiger partial charge in [-0.25, -0.2) is 13.6 Å². The maximum Gasteiger partial charge on any atom is 0.319 e. The van der Waals surface area contributed by atoms with Crippen LogP contribution in [0.3, 0.4) is 0 Å². The Bertz CT molecular complexity index is 507. The quantitative estimate of drug-likeness (QED) is 0.782. The van der Waals surface area contributed by atoms with Crippen LogP contribution in [0.1, 0.15) is 26.2 Å². The number of halogens is 2. The van der Waals surface area contributed by atoms with E-state index >= 15 is 0 Å². The number of nitrogens with zero attached hydrogens (tertiary/aromatic N) is 1. The van der Waals surface area contributed by atoms with Crippen LogP contribution in [0.15, 0.2) is 12.1 Å². The van der Waals surface area contributed by atoms with Crippen LogP contribution in [0.5, 0.6) is 0 Å². The summed E-state index contributed by atoms with van der Waals surface area (Å²) in [5.41, 5.74) is 0.00786. The molecule has 1 unspecified atom stereocenters. The molecule has 1 fully saturated rings. The second kappa shape index (κ2) is 7.40. The van der Waals surface area contributed by atoms with Gasteiger partial charge in [-0.3, -0.25) is 0 Å². The van der Waals surface area contributed by atoms with Crippen LogP contribution < -0.4 is 15.5 Å². The molecular weight excluding hydrogens is 292 g/mol. The van der Waals surface area contributed by atoms with Gasteiger partial charge in [0.25, 0.3) is 0 Å². The smallest absolute Gasteiger partial charge is 0.319 e. The number of aliphatic hydroxyl groups excluding tert-OH is 1. The second-order valence-corrected chi connectivity index (χ2v) is 5.37. The van der Waals surface area contributed by atoms with Crippen molar-refractivity contribution in [2.75, 3.05) is 29.9 Å². The second-order valence-electron chi connectivity index (χ2n) is 5.37. The lowest BCUT2D eigenvalue weighted by molar-refractivity contribution is 0.222. The number of rotatable bonds is 5. The molecule has 2 rings (SSSR count). The first-order valence-corrected chi connectivity index (χ1v) is 7.47. The Kier molecular flexibility index (Phi) is 5.54. The molecule has 1 aliphatic heterocycles. The number of benzene rings is 1. The summed E-state index contributed by atoms with van der Waals surface area (Å²) in [6, 6.07) is 1.22. The largest absolute Gasteiger partial charge is 0.394 e. The zero-order valence-corrected chi connectivity index (χ0v) is 12.5. The molecule has 0 aliphatic carbocycles. The number of nitrogens with one attached hydrogen (secondary N) is 2. The molecule has 5 nitrogen and oxygen atoms in total. The molecule has 0 aromatic heterocycles. The number of carbonyl (C=O) groups excluding carboxylic acids is 1. The molecule has 1 aromatic rings. The zero-order chi connectivity index (χ0) is 16.1. The van der Waals surface area contributed by atoms with E-state index < -0.39 is 23.7 Å². The molecule has 0 spiro atoms. The van der Waals surface area contributed by atoms with Crippen LogP contribution >= 0.6 is 0 Å². The van der Waals surface area contributed by atoms with Crippen molar-refractivity contribution in [3.8, 4) is 0 Å². The minimum absolute atomic E-state index is 0.0368. The fourth-order valence-electron chi connectivity index (χ4n) is 2.51. The molecule has 0 bridgehead atoms. The molecule has 1 heterocycles. The molecule has 1 aliphatic rings. The van der Waals surface area contributed by atoms with Crippen LogP contribution in [0.2, 0.25) is 0 Å². The van der Waals surface area contributed by atoms with Crippen molar-refractivity contribution in [2.45, 2.75) is 32.2 Å². The van der Waals surface area contributed by atoms with Gasteiger partial charge in [-0.2, -0.15) is 0 Å². The third kappa shape index (κ3) is 3.85. The van der Waals surface area contributed by atoms with Gasteiger partial charge in [0, 0.05) is 18.8 Å². The summed E-state index contributed by atoms with van der Waals surface area (Å²) < 4.78 is 28.2. The van der Waals surface area contributed by atoms with E-state index in [2.05, 4.69) is 10.6 Å². The summed E-state index contributed by atoms with van der Waals surface area (Å²) in [5, 5.41) is 13.9. The van der Waals surface area contributed by atoms with Gasteiger partial charge < -0.3 is 20.6 Å². The molecule has 1 saturated heterocycles. The van der Waals surface area contributed by atoms with Gasteiger partial charge >= 0.3 is 6.03 Å². The number of urea groups is 1. The Labute approximate surface area is 128 Å². The molecule has 3 N–H and O–H groups in total. The minimum Gasteiger partial charge on any atom is -0.394 e. The summed E-state index contributed by atoms with van der Waals surface area (Å²) >= 11 is 0. The Hall–Kier alpha value is -1.89. The lowest BCUT2D eigenvalue weighted by Gasteiger charge is -2.20. The van der Waals surface area contributed by atoms with Gasteiger partial charge in [0.1, 0.15) is 5.69 Å². The van der Waals surface area contributed by atoms with Crippen molar-refractivity contribution in [3.05, 3.63) is 23.8 Å². The number of carbonyl (C=O) groups is 1. The zero-order valence-electron chi connectivity index (χ0n) is 12.5.